The second-order valence-electron chi connectivity index (χ2n) is 7.37. The minimum absolute atomic E-state index is 0.0268. The molecule has 0 aromatic carbocycles. The van der Waals surface area contributed by atoms with E-state index < -0.39 is 34.4 Å². The van der Waals surface area contributed by atoms with E-state index in [2.05, 4.69) is 15.1 Å². The molecule has 4 atom stereocenters. The summed E-state index contributed by atoms with van der Waals surface area (Å²) in [6.45, 7) is 2.12. The third-order valence-electron chi connectivity index (χ3n) is 5.74. The van der Waals surface area contributed by atoms with Gasteiger partial charge in [-0.1, -0.05) is 0 Å². The van der Waals surface area contributed by atoms with Crippen molar-refractivity contribution in [3.63, 3.8) is 0 Å². The van der Waals surface area contributed by atoms with Crippen LogP contribution in [-0.2, 0) is 24.3 Å². The largest absolute Gasteiger partial charge is 0.418 e. The number of hydrogen-bond acceptors (Lipinski definition) is 7. The summed E-state index contributed by atoms with van der Waals surface area (Å²) in [6.07, 6.45) is 2.50. The van der Waals surface area contributed by atoms with Crippen molar-refractivity contribution in [3.05, 3.63) is 0 Å². The van der Waals surface area contributed by atoms with Crippen molar-refractivity contribution in [2.75, 3.05) is 19.6 Å². The fourth-order valence-electron chi connectivity index (χ4n) is 4.52. The number of nitrogens with zero attached hydrogens (tertiary/aromatic N) is 2. The smallest absolute Gasteiger partial charge is 0.316 e. The Morgan fingerprint density at radius 1 is 1.23 bits per heavy atom. The minimum Gasteiger partial charge on any atom is -0.316 e. The maximum atomic E-state index is 12.5. The molecule has 4 aliphatic rings. The summed E-state index contributed by atoms with van der Waals surface area (Å²) in [6, 6.07) is -2.03. The molecule has 146 valence electrons. The standard InChI is InChI=1S/C14H22N4O7S/c19-13(16-24-11-3-8-5-15-6-9(8)4-11)12-2-1-10-7-17(12)14(20)18(10)25-26(21,22)23/h8-12,15H,1-7H2,(H,16,19)(H,21,22,23)/t8?,9?,10-,11?,12+/m1/s1. The third-order valence-corrected chi connectivity index (χ3v) is 6.09. The van der Waals surface area contributed by atoms with Gasteiger partial charge in [0, 0.05) is 6.54 Å². The van der Waals surface area contributed by atoms with E-state index in [0.717, 1.165) is 25.9 Å². The lowest BCUT2D eigenvalue weighted by Gasteiger charge is -2.29. The molecule has 3 N–H and O–H groups in total. The SMILES string of the molecule is O=C(NOC1CC2CNCC2C1)[C@@H]1CC[C@@H]2CN1C(=O)N2OS(=O)(=O)O. The topological polar surface area (TPSA) is 138 Å². The van der Waals surface area contributed by atoms with Gasteiger partial charge in [-0.25, -0.2) is 10.3 Å². The van der Waals surface area contributed by atoms with Gasteiger partial charge in [0.2, 0.25) is 0 Å². The van der Waals surface area contributed by atoms with E-state index in [9.17, 15) is 18.0 Å². The van der Waals surface area contributed by atoms with Crippen LogP contribution in [-0.4, -0.2) is 72.7 Å². The first-order chi connectivity index (χ1) is 12.3. The highest BCUT2D eigenvalue weighted by molar-refractivity contribution is 7.80. The van der Waals surface area contributed by atoms with E-state index in [1.54, 1.807) is 0 Å². The van der Waals surface area contributed by atoms with E-state index in [4.69, 9.17) is 9.39 Å². The van der Waals surface area contributed by atoms with Crippen LogP contribution in [0.25, 0.3) is 0 Å². The normalized spacial score (nSPS) is 36.5. The van der Waals surface area contributed by atoms with Crippen molar-refractivity contribution in [2.24, 2.45) is 11.8 Å². The van der Waals surface area contributed by atoms with Crippen LogP contribution in [0.5, 0.6) is 0 Å². The van der Waals surface area contributed by atoms with Crippen molar-refractivity contribution in [1.82, 2.24) is 20.8 Å². The molecule has 0 aromatic rings. The number of amides is 3. The van der Waals surface area contributed by atoms with E-state index >= 15 is 0 Å². The van der Waals surface area contributed by atoms with Crippen LogP contribution in [0.3, 0.4) is 0 Å². The second-order valence-corrected chi connectivity index (χ2v) is 8.37. The van der Waals surface area contributed by atoms with Gasteiger partial charge in [0.1, 0.15) is 6.04 Å². The number of piperidine rings is 1. The molecule has 2 unspecified atom stereocenters. The van der Waals surface area contributed by atoms with E-state index in [0.29, 0.717) is 29.7 Å². The molecule has 0 spiro atoms. The summed E-state index contributed by atoms with van der Waals surface area (Å²) < 4.78 is 34.9. The van der Waals surface area contributed by atoms with Crippen LogP contribution in [0.15, 0.2) is 0 Å². The molecule has 0 aromatic heterocycles. The fraction of sp³-hybridized carbons (Fsp3) is 0.857. The number of fused-ring (bicyclic) bond motifs is 3. The predicted octanol–water partition coefficient (Wildman–Crippen LogP) is -0.965. The molecule has 3 aliphatic heterocycles. The Morgan fingerprint density at radius 2 is 1.92 bits per heavy atom. The summed E-state index contributed by atoms with van der Waals surface area (Å²) >= 11 is 0. The van der Waals surface area contributed by atoms with Crippen LogP contribution < -0.4 is 10.8 Å². The van der Waals surface area contributed by atoms with Crippen molar-refractivity contribution in [3.8, 4) is 0 Å². The monoisotopic (exact) mass is 390 g/mol. The Bertz CT molecular complexity index is 689. The number of rotatable bonds is 5. The van der Waals surface area contributed by atoms with Crippen LogP contribution in [0.4, 0.5) is 4.79 Å². The van der Waals surface area contributed by atoms with Crippen LogP contribution in [0.2, 0.25) is 0 Å². The quantitative estimate of drug-likeness (QED) is 0.403. The van der Waals surface area contributed by atoms with Gasteiger partial charge in [-0.05, 0) is 50.6 Å². The van der Waals surface area contributed by atoms with Gasteiger partial charge in [-0.2, -0.15) is 13.5 Å². The number of nitrogens with one attached hydrogen (secondary N) is 2. The molecular weight excluding hydrogens is 368 g/mol. The molecule has 4 fully saturated rings. The van der Waals surface area contributed by atoms with E-state index in [1.807, 2.05) is 0 Å². The third kappa shape index (κ3) is 3.39. The van der Waals surface area contributed by atoms with Crippen molar-refractivity contribution >= 4 is 22.3 Å². The molecule has 3 amide bonds. The van der Waals surface area contributed by atoms with Gasteiger partial charge in [0.05, 0.1) is 12.1 Å². The molecular formula is C14H22N4O7S. The summed E-state index contributed by atoms with van der Waals surface area (Å²) in [5, 5.41) is 3.96. The highest BCUT2D eigenvalue weighted by Crippen LogP contribution is 2.36. The highest BCUT2D eigenvalue weighted by atomic mass is 32.3. The number of urea groups is 1. The highest BCUT2D eigenvalue weighted by Gasteiger charge is 2.49. The molecule has 3 saturated heterocycles. The summed E-state index contributed by atoms with van der Waals surface area (Å²) in [5.41, 5.74) is 2.47. The van der Waals surface area contributed by atoms with Crippen LogP contribution >= 0.6 is 0 Å². The zero-order valence-corrected chi connectivity index (χ0v) is 14.9. The van der Waals surface area contributed by atoms with E-state index in [1.165, 1.54) is 4.90 Å². The molecule has 2 bridgehead atoms. The zero-order valence-electron chi connectivity index (χ0n) is 14.0. The van der Waals surface area contributed by atoms with Crippen molar-refractivity contribution in [2.45, 2.75) is 43.9 Å². The predicted molar refractivity (Wildman–Crippen MR) is 85.5 cm³/mol. The Morgan fingerprint density at radius 3 is 2.58 bits per heavy atom. The first-order valence-electron chi connectivity index (χ1n) is 8.75. The van der Waals surface area contributed by atoms with Gasteiger partial charge in [-0.15, -0.1) is 4.28 Å². The van der Waals surface area contributed by atoms with Crippen LogP contribution in [0.1, 0.15) is 25.7 Å². The van der Waals surface area contributed by atoms with Gasteiger partial charge in [0.25, 0.3) is 5.91 Å². The van der Waals surface area contributed by atoms with E-state index in [-0.39, 0.29) is 12.6 Å². The second kappa shape index (κ2) is 6.60. The Balaban J connectivity index is 1.32. The Labute approximate surface area is 150 Å². The molecule has 11 nitrogen and oxygen atoms in total. The molecule has 1 saturated carbocycles. The average Bonchev–Trinajstić information content (AvgIpc) is 3.22. The minimum atomic E-state index is -4.80. The maximum Gasteiger partial charge on any atom is 0.418 e. The first kappa shape index (κ1) is 17.9. The molecule has 26 heavy (non-hydrogen) atoms. The summed E-state index contributed by atoms with van der Waals surface area (Å²) in [4.78, 5) is 31.6. The maximum absolute atomic E-state index is 12.5. The van der Waals surface area contributed by atoms with Gasteiger partial charge >= 0.3 is 16.4 Å². The average molecular weight is 390 g/mol. The Hall–Kier alpha value is -1.47. The zero-order chi connectivity index (χ0) is 18.5. The summed E-state index contributed by atoms with van der Waals surface area (Å²) in [5.74, 6) is 0.734. The van der Waals surface area contributed by atoms with Gasteiger partial charge in [0.15, 0.2) is 0 Å². The lowest BCUT2D eigenvalue weighted by Crippen LogP contribution is -2.50. The first-order valence-corrected chi connectivity index (χ1v) is 10.1. The molecule has 12 heteroatoms. The van der Waals surface area contributed by atoms with Gasteiger partial charge in [-0.3, -0.25) is 14.2 Å². The summed E-state index contributed by atoms with van der Waals surface area (Å²) in [7, 11) is -4.80. The van der Waals surface area contributed by atoms with Crippen molar-refractivity contribution < 1.29 is 31.7 Å². The van der Waals surface area contributed by atoms with Crippen LogP contribution in [0, 0.1) is 11.8 Å². The number of carbonyl (C=O) groups is 2. The molecule has 3 heterocycles. The van der Waals surface area contributed by atoms with Gasteiger partial charge < -0.3 is 10.2 Å². The molecule has 0 radical (unpaired) electrons. The Kier molecular flexibility index (Phi) is 4.55. The van der Waals surface area contributed by atoms with Crippen molar-refractivity contribution in [1.29, 1.82) is 0 Å². The lowest BCUT2D eigenvalue weighted by molar-refractivity contribution is -0.143. The molecule has 4 rings (SSSR count). The number of hydrogen-bond donors (Lipinski definition) is 3. The molecule has 1 aliphatic carbocycles. The fourth-order valence-corrected chi connectivity index (χ4v) is 4.91. The number of hydroxylamine groups is 3. The lowest BCUT2D eigenvalue weighted by atomic mass is 10.0. The number of carbonyl (C=O) groups excluding carboxylic acids is 2.